The van der Waals surface area contributed by atoms with Crippen LogP contribution in [0.4, 0.5) is 0 Å². The SMILES string of the molecule is CC#CCC(NCCC)c1ccccc1. The Kier molecular flexibility index (Phi) is 5.58. The number of hydrogen-bond donors (Lipinski definition) is 1. The summed E-state index contributed by atoms with van der Waals surface area (Å²) in [6.45, 7) is 5.12. The minimum absolute atomic E-state index is 0.374. The van der Waals surface area contributed by atoms with Gasteiger partial charge in [0, 0.05) is 12.5 Å². The minimum Gasteiger partial charge on any atom is -0.309 e. The van der Waals surface area contributed by atoms with Crippen molar-refractivity contribution in [1.29, 1.82) is 0 Å². The quantitative estimate of drug-likeness (QED) is 0.722. The third-order valence-corrected chi connectivity index (χ3v) is 2.33. The first-order valence-corrected chi connectivity index (χ1v) is 5.56. The third-order valence-electron chi connectivity index (χ3n) is 2.33. The Morgan fingerprint density at radius 3 is 2.60 bits per heavy atom. The van der Waals surface area contributed by atoms with Crippen LogP contribution in [-0.4, -0.2) is 6.54 Å². The normalized spacial score (nSPS) is 11.6. The monoisotopic (exact) mass is 201 g/mol. The van der Waals surface area contributed by atoms with Crippen LogP contribution in [0.15, 0.2) is 30.3 Å². The van der Waals surface area contributed by atoms with Crippen molar-refractivity contribution >= 4 is 0 Å². The van der Waals surface area contributed by atoms with Gasteiger partial charge in [-0.3, -0.25) is 0 Å². The number of nitrogens with one attached hydrogen (secondary N) is 1. The third kappa shape index (κ3) is 4.18. The van der Waals surface area contributed by atoms with Crippen molar-refractivity contribution in [2.75, 3.05) is 6.54 Å². The maximum absolute atomic E-state index is 3.52. The second kappa shape index (κ2) is 7.09. The molecule has 0 heterocycles. The van der Waals surface area contributed by atoms with Crippen molar-refractivity contribution in [3.63, 3.8) is 0 Å². The van der Waals surface area contributed by atoms with Gasteiger partial charge in [0.15, 0.2) is 0 Å². The van der Waals surface area contributed by atoms with Crippen LogP contribution in [0.5, 0.6) is 0 Å². The summed E-state index contributed by atoms with van der Waals surface area (Å²) in [6, 6.07) is 10.9. The molecule has 0 aromatic heterocycles. The second-order valence-corrected chi connectivity index (χ2v) is 3.55. The summed E-state index contributed by atoms with van der Waals surface area (Å²) in [7, 11) is 0. The van der Waals surface area contributed by atoms with E-state index >= 15 is 0 Å². The van der Waals surface area contributed by atoms with Crippen LogP contribution in [0.1, 0.15) is 38.3 Å². The van der Waals surface area contributed by atoms with Gasteiger partial charge in [0.05, 0.1) is 0 Å². The fourth-order valence-electron chi connectivity index (χ4n) is 1.52. The van der Waals surface area contributed by atoms with Crippen molar-refractivity contribution in [2.24, 2.45) is 0 Å². The molecule has 0 radical (unpaired) electrons. The van der Waals surface area contributed by atoms with Crippen LogP contribution in [0.25, 0.3) is 0 Å². The first kappa shape index (κ1) is 11.8. The van der Waals surface area contributed by atoms with Gasteiger partial charge in [0.25, 0.3) is 0 Å². The molecule has 80 valence electrons. The molecule has 15 heavy (non-hydrogen) atoms. The van der Waals surface area contributed by atoms with E-state index in [2.05, 4.69) is 48.3 Å². The van der Waals surface area contributed by atoms with Gasteiger partial charge in [0.2, 0.25) is 0 Å². The van der Waals surface area contributed by atoms with E-state index in [0.717, 1.165) is 19.4 Å². The fraction of sp³-hybridized carbons (Fsp3) is 0.429. The van der Waals surface area contributed by atoms with Crippen LogP contribution >= 0.6 is 0 Å². The molecular formula is C14H19N. The Labute approximate surface area is 92.9 Å². The van der Waals surface area contributed by atoms with Crippen LogP contribution in [-0.2, 0) is 0 Å². The molecule has 0 aliphatic rings. The highest BCUT2D eigenvalue weighted by Crippen LogP contribution is 2.15. The molecule has 1 aromatic rings. The minimum atomic E-state index is 0.374. The molecule has 0 bridgehead atoms. The molecule has 0 aliphatic carbocycles. The predicted molar refractivity (Wildman–Crippen MR) is 65.5 cm³/mol. The first-order chi connectivity index (χ1) is 7.38. The summed E-state index contributed by atoms with van der Waals surface area (Å²) in [5.74, 6) is 6.10. The van der Waals surface area contributed by atoms with E-state index in [1.807, 2.05) is 13.0 Å². The zero-order valence-corrected chi connectivity index (χ0v) is 9.59. The molecule has 0 spiro atoms. The second-order valence-electron chi connectivity index (χ2n) is 3.55. The van der Waals surface area contributed by atoms with Crippen molar-refractivity contribution in [3.05, 3.63) is 35.9 Å². The van der Waals surface area contributed by atoms with Crippen LogP contribution in [0.3, 0.4) is 0 Å². The van der Waals surface area contributed by atoms with Gasteiger partial charge in [-0.05, 0) is 25.5 Å². The first-order valence-electron chi connectivity index (χ1n) is 5.56. The van der Waals surface area contributed by atoms with Gasteiger partial charge in [-0.1, -0.05) is 37.3 Å². The highest BCUT2D eigenvalue weighted by atomic mass is 14.9. The Morgan fingerprint density at radius 1 is 1.27 bits per heavy atom. The lowest BCUT2D eigenvalue weighted by atomic mass is 10.0. The maximum atomic E-state index is 3.52. The lowest BCUT2D eigenvalue weighted by Crippen LogP contribution is -2.21. The molecular weight excluding hydrogens is 182 g/mol. The number of rotatable bonds is 5. The summed E-state index contributed by atoms with van der Waals surface area (Å²) in [6.07, 6.45) is 2.05. The van der Waals surface area contributed by atoms with E-state index in [4.69, 9.17) is 0 Å². The van der Waals surface area contributed by atoms with Gasteiger partial charge in [-0.15, -0.1) is 11.8 Å². The van der Waals surface area contributed by atoms with E-state index in [9.17, 15) is 0 Å². The van der Waals surface area contributed by atoms with E-state index < -0.39 is 0 Å². The average Bonchev–Trinajstić information content (AvgIpc) is 2.30. The van der Waals surface area contributed by atoms with E-state index in [0.29, 0.717) is 6.04 Å². The molecule has 1 heteroatoms. The fourth-order valence-corrected chi connectivity index (χ4v) is 1.52. The molecule has 1 nitrogen and oxygen atoms in total. The zero-order chi connectivity index (χ0) is 10.9. The molecule has 1 N–H and O–H groups in total. The van der Waals surface area contributed by atoms with Crippen molar-refractivity contribution < 1.29 is 0 Å². The summed E-state index contributed by atoms with van der Waals surface area (Å²) in [5.41, 5.74) is 1.33. The van der Waals surface area contributed by atoms with Gasteiger partial charge in [-0.2, -0.15) is 0 Å². The van der Waals surface area contributed by atoms with Gasteiger partial charge in [-0.25, -0.2) is 0 Å². The van der Waals surface area contributed by atoms with Crippen molar-refractivity contribution in [3.8, 4) is 11.8 Å². The average molecular weight is 201 g/mol. The van der Waals surface area contributed by atoms with Gasteiger partial charge in [0.1, 0.15) is 0 Å². The predicted octanol–water partition coefficient (Wildman–Crippen LogP) is 3.14. The van der Waals surface area contributed by atoms with E-state index in [-0.39, 0.29) is 0 Å². The Morgan fingerprint density at radius 2 is 2.00 bits per heavy atom. The molecule has 0 amide bonds. The lowest BCUT2D eigenvalue weighted by Gasteiger charge is -2.16. The molecule has 1 atom stereocenters. The van der Waals surface area contributed by atoms with E-state index in [1.165, 1.54) is 5.56 Å². The molecule has 0 saturated heterocycles. The zero-order valence-electron chi connectivity index (χ0n) is 9.59. The van der Waals surface area contributed by atoms with Crippen molar-refractivity contribution in [1.82, 2.24) is 5.32 Å². The summed E-state index contributed by atoms with van der Waals surface area (Å²) in [4.78, 5) is 0. The Hall–Kier alpha value is -1.26. The molecule has 1 aromatic carbocycles. The number of hydrogen-bond acceptors (Lipinski definition) is 1. The number of benzene rings is 1. The summed E-state index contributed by atoms with van der Waals surface area (Å²) < 4.78 is 0. The van der Waals surface area contributed by atoms with Gasteiger partial charge < -0.3 is 5.32 Å². The standard InChI is InChI=1S/C14H19N/c1-3-5-11-14(15-12-4-2)13-9-7-6-8-10-13/h6-10,14-15H,4,11-12H2,1-2H3. The maximum Gasteiger partial charge on any atom is 0.0430 e. The van der Waals surface area contributed by atoms with Gasteiger partial charge >= 0.3 is 0 Å². The largest absolute Gasteiger partial charge is 0.309 e. The lowest BCUT2D eigenvalue weighted by molar-refractivity contribution is 0.542. The summed E-state index contributed by atoms with van der Waals surface area (Å²) >= 11 is 0. The molecule has 1 unspecified atom stereocenters. The van der Waals surface area contributed by atoms with Crippen LogP contribution in [0.2, 0.25) is 0 Å². The highest BCUT2D eigenvalue weighted by Gasteiger charge is 2.07. The summed E-state index contributed by atoms with van der Waals surface area (Å²) in [5, 5.41) is 3.52. The topological polar surface area (TPSA) is 12.0 Å². The Balaban J connectivity index is 2.65. The van der Waals surface area contributed by atoms with Crippen LogP contribution in [0, 0.1) is 11.8 Å². The van der Waals surface area contributed by atoms with Crippen LogP contribution < -0.4 is 5.32 Å². The molecule has 0 saturated carbocycles. The molecule has 1 rings (SSSR count). The Bertz CT molecular complexity index is 318. The molecule has 0 fully saturated rings. The van der Waals surface area contributed by atoms with E-state index in [1.54, 1.807) is 0 Å². The van der Waals surface area contributed by atoms with Crippen molar-refractivity contribution in [2.45, 2.75) is 32.7 Å². The smallest absolute Gasteiger partial charge is 0.0430 e. The molecule has 0 aliphatic heterocycles. The highest BCUT2D eigenvalue weighted by molar-refractivity contribution is 5.20.